The van der Waals surface area contributed by atoms with Crippen LogP contribution in [0.1, 0.15) is 28.4 Å². The van der Waals surface area contributed by atoms with Crippen molar-refractivity contribution in [3.05, 3.63) is 28.8 Å². The third-order valence-electron chi connectivity index (χ3n) is 2.42. The van der Waals surface area contributed by atoms with Gasteiger partial charge in [0.1, 0.15) is 0 Å². The van der Waals surface area contributed by atoms with E-state index in [9.17, 15) is 13.2 Å². The Morgan fingerprint density at radius 1 is 1.38 bits per heavy atom. The van der Waals surface area contributed by atoms with Crippen LogP contribution in [0.3, 0.4) is 0 Å². The van der Waals surface area contributed by atoms with Crippen molar-refractivity contribution in [1.82, 2.24) is 0 Å². The molecule has 0 saturated carbocycles. The zero-order valence-corrected chi connectivity index (χ0v) is 10.3. The summed E-state index contributed by atoms with van der Waals surface area (Å²) in [7, 11) is -3.38. The van der Waals surface area contributed by atoms with Crippen molar-refractivity contribution in [1.29, 1.82) is 0 Å². The summed E-state index contributed by atoms with van der Waals surface area (Å²) >= 11 is 0. The number of benzene rings is 1. The molecule has 1 N–H and O–H groups in total. The fraction of sp³-hybridized carbons (Fsp3) is 0.364. The van der Waals surface area contributed by atoms with Gasteiger partial charge in [0.15, 0.2) is 9.84 Å². The number of aryl methyl sites for hydroxylation is 2. The second-order valence-corrected chi connectivity index (χ2v) is 5.69. The van der Waals surface area contributed by atoms with E-state index in [1.165, 1.54) is 6.07 Å². The van der Waals surface area contributed by atoms with Crippen molar-refractivity contribution in [2.24, 2.45) is 0 Å². The van der Waals surface area contributed by atoms with Crippen molar-refractivity contribution in [3.8, 4) is 0 Å². The van der Waals surface area contributed by atoms with E-state index in [0.29, 0.717) is 17.5 Å². The predicted octanol–water partition coefficient (Wildman–Crippen LogP) is 1.66. The van der Waals surface area contributed by atoms with Gasteiger partial charge in [0, 0.05) is 6.26 Å². The summed E-state index contributed by atoms with van der Waals surface area (Å²) in [6.07, 6.45) is 1.64. The van der Waals surface area contributed by atoms with Gasteiger partial charge in [-0.05, 0) is 30.5 Å². The molecule has 0 unspecified atom stereocenters. The molecular weight excluding hydrogens is 228 g/mol. The number of rotatable bonds is 3. The van der Waals surface area contributed by atoms with E-state index in [2.05, 4.69) is 0 Å². The monoisotopic (exact) mass is 242 g/mol. The Labute approximate surface area is 94.8 Å². The van der Waals surface area contributed by atoms with E-state index in [1.54, 1.807) is 13.0 Å². The van der Waals surface area contributed by atoms with Crippen molar-refractivity contribution in [3.63, 3.8) is 0 Å². The molecular formula is C11H14O4S. The molecule has 0 fully saturated rings. The standard InChI is InChI=1S/C11H14O4S/c1-4-8-5-7(2)9(11(12)13)6-10(8)16(3,14)15/h5-6H,4H2,1-3H3,(H,12,13). The van der Waals surface area contributed by atoms with Gasteiger partial charge in [-0.25, -0.2) is 13.2 Å². The summed E-state index contributed by atoms with van der Waals surface area (Å²) < 4.78 is 23.0. The van der Waals surface area contributed by atoms with Gasteiger partial charge in [-0.1, -0.05) is 13.0 Å². The normalized spacial score (nSPS) is 11.4. The highest BCUT2D eigenvalue weighted by atomic mass is 32.2. The van der Waals surface area contributed by atoms with E-state index in [1.807, 2.05) is 6.92 Å². The van der Waals surface area contributed by atoms with Crippen LogP contribution in [-0.4, -0.2) is 25.7 Å². The van der Waals surface area contributed by atoms with E-state index >= 15 is 0 Å². The van der Waals surface area contributed by atoms with Crippen molar-refractivity contribution >= 4 is 15.8 Å². The Hall–Kier alpha value is -1.36. The van der Waals surface area contributed by atoms with Gasteiger partial charge < -0.3 is 5.11 Å². The number of carboxylic acid groups (broad SMARTS) is 1. The minimum absolute atomic E-state index is 0.0395. The van der Waals surface area contributed by atoms with Crippen LogP contribution in [0.4, 0.5) is 0 Å². The first kappa shape index (κ1) is 12.7. The molecule has 0 spiro atoms. The lowest BCUT2D eigenvalue weighted by molar-refractivity contribution is 0.0696. The maximum atomic E-state index is 11.5. The minimum atomic E-state index is -3.38. The highest BCUT2D eigenvalue weighted by molar-refractivity contribution is 7.90. The zero-order valence-electron chi connectivity index (χ0n) is 9.44. The lowest BCUT2D eigenvalue weighted by Gasteiger charge is -2.09. The van der Waals surface area contributed by atoms with Crippen molar-refractivity contribution in [2.75, 3.05) is 6.26 Å². The topological polar surface area (TPSA) is 71.4 Å². The second kappa shape index (κ2) is 4.25. The van der Waals surface area contributed by atoms with Crippen LogP contribution < -0.4 is 0 Å². The Morgan fingerprint density at radius 3 is 2.31 bits per heavy atom. The van der Waals surface area contributed by atoms with Crippen LogP contribution in [0, 0.1) is 6.92 Å². The van der Waals surface area contributed by atoms with Crippen LogP contribution in [0.25, 0.3) is 0 Å². The highest BCUT2D eigenvalue weighted by Gasteiger charge is 2.17. The molecule has 0 bridgehead atoms. The molecule has 1 aromatic carbocycles. The molecule has 0 amide bonds. The molecule has 0 aliphatic carbocycles. The quantitative estimate of drug-likeness (QED) is 0.875. The van der Waals surface area contributed by atoms with Crippen LogP contribution in [0.2, 0.25) is 0 Å². The SMILES string of the molecule is CCc1cc(C)c(C(=O)O)cc1S(C)(=O)=O. The van der Waals surface area contributed by atoms with Gasteiger partial charge in [0.25, 0.3) is 0 Å². The third-order valence-corrected chi connectivity index (χ3v) is 3.60. The summed E-state index contributed by atoms with van der Waals surface area (Å²) in [6, 6.07) is 2.87. The molecule has 0 aliphatic heterocycles. The zero-order chi connectivity index (χ0) is 12.5. The average molecular weight is 242 g/mol. The number of aromatic carboxylic acids is 1. The number of sulfone groups is 1. The molecule has 5 heteroatoms. The molecule has 88 valence electrons. The van der Waals surface area contributed by atoms with Crippen LogP contribution in [-0.2, 0) is 16.3 Å². The molecule has 0 heterocycles. The van der Waals surface area contributed by atoms with E-state index in [0.717, 1.165) is 6.26 Å². The van der Waals surface area contributed by atoms with Gasteiger partial charge in [-0.3, -0.25) is 0 Å². The molecule has 0 radical (unpaired) electrons. The maximum Gasteiger partial charge on any atom is 0.335 e. The first-order valence-electron chi connectivity index (χ1n) is 4.84. The maximum absolute atomic E-state index is 11.5. The van der Waals surface area contributed by atoms with Gasteiger partial charge in [-0.15, -0.1) is 0 Å². The lowest BCUT2D eigenvalue weighted by Crippen LogP contribution is -2.07. The summed E-state index contributed by atoms with van der Waals surface area (Å²) in [6.45, 7) is 3.50. The van der Waals surface area contributed by atoms with Gasteiger partial charge in [0.05, 0.1) is 10.5 Å². The number of carbonyl (C=O) groups is 1. The number of hydrogen-bond donors (Lipinski definition) is 1. The number of hydrogen-bond acceptors (Lipinski definition) is 3. The summed E-state index contributed by atoms with van der Waals surface area (Å²) in [5.74, 6) is -1.11. The lowest BCUT2D eigenvalue weighted by atomic mass is 10.0. The molecule has 0 atom stereocenters. The molecule has 0 aromatic heterocycles. The van der Waals surface area contributed by atoms with Crippen molar-refractivity contribution in [2.45, 2.75) is 25.2 Å². The van der Waals surface area contributed by atoms with E-state index < -0.39 is 15.8 Å². The van der Waals surface area contributed by atoms with Crippen molar-refractivity contribution < 1.29 is 18.3 Å². The number of carboxylic acids is 1. The van der Waals surface area contributed by atoms with Gasteiger partial charge in [0.2, 0.25) is 0 Å². The molecule has 4 nitrogen and oxygen atoms in total. The molecule has 1 rings (SSSR count). The minimum Gasteiger partial charge on any atom is -0.478 e. The smallest absolute Gasteiger partial charge is 0.335 e. The molecule has 16 heavy (non-hydrogen) atoms. The summed E-state index contributed by atoms with van der Waals surface area (Å²) in [5, 5.41) is 8.92. The van der Waals surface area contributed by atoms with Gasteiger partial charge >= 0.3 is 5.97 Å². The summed E-state index contributed by atoms with van der Waals surface area (Å²) in [4.78, 5) is 11.0. The first-order valence-corrected chi connectivity index (χ1v) is 6.73. The fourth-order valence-electron chi connectivity index (χ4n) is 1.60. The first-order chi connectivity index (χ1) is 7.27. The average Bonchev–Trinajstić information content (AvgIpc) is 2.14. The van der Waals surface area contributed by atoms with Crippen LogP contribution >= 0.6 is 0 Å². The summed E-state index contributed by atoms with van der Waals surface area (Å²) in [5.41, 5.74) is 1.28. The largest absolute Gasteiger partial charge is 0.478 e. The Morgan fingerprint density at radius 2 is 1.94 bits per heavy atom. The Bertz CT molecular complexity index is 529. The second-order valence-electron chi connectivity index (χ2n) is 3.71. The van der Waals surface area contributed by atoms with E-state index in [-0.39, 0.29) is 10.5 Å². The molecule has 0 aliphatic rings. The Kier molecular flexibility index (Phi) is 3.38. The van der Waals surface area contributed by atoms with Crippen LogP contribution in [0.5, 0.6) is 0 Å². The molecule has 0 saturated heterocycles. The van der Waals surface area contributed by atoms with E-state index in [4.69, 9.17) is 5.11 Å². The molecule has 1 aromatic rings. The predicted molar refractivity (Wildman–Crippen MR) is 60.6 cm³/mol. The van der Waals surface area contributed by atoms with Gasteiger partial charge in [-0.2, -0.15) is 0 Å². The highest BCUT2D eigenvalue weighted by Crippen LogP contribution is 2.21. The van der Waals surface area contributed by atoms with Crippen LogP contribution in [0.15, 0.2) is 17.0 Å². The third kappa shape index (κ3) is 2.41. The fourth-order valence-corrected chi connectivity index (χ4v) is 2.61. The Balaban J connectivity index is 3.60.